The maximum absolute atomic E-state index is 9.33. The zero-order chi connectivity index (χ0) is 16.1. The van der Waals surface area contributed by atoms with E-state index in [1.807, 2.05) is 43.3 Å². The van der Waals surface area contributed by atoms with Crippen LogP contribution in [0.2, 0.25) is 0 Å². The van der Waals surface area contributed by atoms with E-state index < -0.39 is 0 Å². The van der Waals surface area contributed by atoms with Crippen molar-refractivity contribution in [3.8, 4) is 28.8 Å². The van der Waals surface area contributed by atoms with E-state index in [-0.39, 0.29) is 5.69 Å². The predicted molar refractivity (Wildman–Crippen MR) is 85.1 cm³/mol. The summed E-state index contributed by atoms with van der Waals surface area (Å²) in [4.78, 5) is 4.11. The van der Waals surface area contributed by atoms with Gasteiger partial charge in [-0.1, -0.05) is 24.3 Å². The van der Waals surface area contributed by atoms with Crippen molar-refractivity contribution < 1.29 is 4.74 Å². The summed E-state index contributed by atoms with van der Waals surface area (Å²) >= 11 is 0. The van der Waals surface area contributed by atoms with Gasteiger partial charge in [0, 0.05) is 18.0 Å². The fraction of sp³-hybridized carbons (Fsp3) is 0.176. The Labute approximate surface area is 134 Å². The Kier molecular flexibility index (Phi) is 4.29. The molecule has 2 heterocycles. The van der Waals surface area contributed by atoms with Crippen molar-refractivity contribution in [1.82, 2.24) is 20.0 Å². The summed E-state index contributed by atoms with van der Waals surface area (Å²) in [6.45, 7) is 2.66. The second-order valence-electron chi connectivity index (χ2n) is 4.87. The van der Waals surface area contributed by atoms with Crippen molar-refractivity contribution in [3.63, 3.8) is 0 Å². The molecule has 0 aliphatic heterocycles. The van der Waals surface area contributed by atoms with Crippen LogP contribution in [0.15, 0.2) is 48.8 Å². The first-order valence-corrected chi connectivity index (χ1v) is 7.33. The number of rotatable bonds is 5. The molecule has 0 fully saturated rings. The summed E-state index contributed by atoms with van der Waals surface area (Å²) in [6.07, 6.45) is 4.28. The lowest BCUT2D eigenvalue weighted by Crippen LogP contribution is -2.04. The number of hydrogen-bond acceptors (Lipinski definition) is 5. The Morgan fingerprint density at radius 3 is 2.83 bits per heavy atom. The number of pyridine rings is 1. The first-order chi connectivity index (χ1) is 11.3. The van der Waals surface area contributed by atoms with Gasteiger partial charge < -0.3 is 4.74 Å². The monoisotopic (exact) mass is 305 g/mol. The van der Waals surface area contributed by atoms with Gasteiger partial charge in [0.1, 0.15) is 23.2 Å². The minimum absolute atomic E-state index is 0.253. The standard InChI is InChI=1S/C17H15N5O/c1-2-10-23-16-8-4-3-7-15(16)22-17(14(11-18)20-21-22)13-6-5-9-19-12-13/h3-9,12H,2,10H2,1H3. The number of nitrogens with zero attached hydrogens (tertiary/aromatic N) is 5. The van der Waals surface area contributed by atoms with Gasteiger partial charge in [0.25, 0.3) is 0 Å². The van der Waals surface area contributed by atoms with E-state index in [0.29, 0.717) is 18.1 Å². The lowest BCUT2D eigenvalue weighted by Gasteiger charge is -2.12. The smallest absolute Gasteiger partial charge is 0.191 e. The molecule has 0 N–H and O–H groups in total. The summed E-state index contributed by atoms with van der Waals surface area (Å²) in [7, 11) is 0. The van der Waals surface area contributed by atoms with Crippen molar-refractivity contribution in [2.24, 2.45) is 0 Å². The Morgan fingerprint density at radius 1 is 1.22 bits per heavy atom. The second kappa shape index (κ2) is 6.71. The molecule has 3 rings (SSSR count). The molecule has 0 bridgehead atoms. The summed E-state index contributed by atoms with van der Waals surface area (Å²) in [5.74, 6) is 0.703. The van der Waals surface area contributed by atoms with Gasteiger partial charge in [0.15, 0.2) is 5.69 Å². The Balaban J connectivity index is 2.16. The Hall–Kier alpha value is -3.20. The van der Waals surface area contributed by atoms with Crippen molar-refractivity contribution >= 4 is 0 Å². The second-order valence-corrected chi connectivity index (χ2v) is 4.87. The highest BCUT2D eigenvalue weighted by Gasteiger charge is 2.18. The van der Waals surface area contributed by atoms with Crippen molar-refractivity contribution in [3.05, 3.63) is 54.5 Å². The molecule has 0 unspecified atom stereocenters. The summed E-state index contributed by atoms with van der Waals surface area (Å²) in [6, 6.07) is 13.3. The van der Waals surface area contributed by atoms with Gasteiger partial charge in [-0.2, -0.15) is 5.26 Å². The van der Waals surface area contributed by atoms with Crippen LogP contribution < -0.4 is 4.74 Å². The van der Waals surface area contributed by atoms with Gasteiger partial charge in [-0.3, -0.25) is 4.98 Å². The minimum Gasteiger partial charge on any atom is -0.491 e. The van der Waals surface area contributed by atoms with Crippen LogP contribution in [0.3, 0.4) is 0 Å². The fourth-order valence-electron chi connectivity index (χ4n) is 2.25. The van der Waals surface area contributed by atoms with Crippen LogP contribution in [0.1, 0.15) is 19.0 Å². The van der Waals surface area contributed by atoms with E-state index in [1.165, 1.54) is 0 Å². The van der Waals surface area contributed by atoms with Crippen LogP contribution in [-0.2, 0) is 0 Å². The van der Waals surface area contributed by atoms with E-state index in [0.717, 1.165) is 17.7 Å². The number of benzene rings is 1. The number of para-hydroxylation sites is 2. The molecule has 0 radical (unpaired) electrons. The highest BCUT2D eigenvalue weighted by Crippen LogP contribution is 2.29. The van der Waals surface area contributed by atoms with Crippen molar-refractivity contribution in [2.45, 2.75) is 13.3 Å². The molecule has 6 nitrogen and oxygen atoms in total. The molecule has 1 aromatic carbocycles. The van der Waals surface area contributed by atoms with Crippen LogP contribution in [0.4, 0.5) is 0 Å². The van der Waals surface area contributed by atoms with Gasteiger partial charge in [0.05, 0.1) is 6.61 Å². The van der Waals surface area contributed by atoms with Gasteiger partial charge in [-0.15, -0.1) is 5.10 Å². The topological polar surface area (TPSA) is 76.6 Å². The summed E-state index contributed by atoms with van der Waals surface area (Å²) in [5, 5.41) is 17.4. The minimum atomic E-state index is 0.253. The molecule has 0 spiro atoms. The first kappa shape index (κ1) is 14.7. The average Bonchev–Trinajstić information content (AvgIpc) is 3.04. The van der Waals surface area contributed by atoms with Crippen LogP contribution >= 0.6 is 0 Å². The fourth-order valence-corrected chi connectivity index (χ4v) is 2.25. The van der Waals surface area contributed by atoms with E-state index in [4.69, 9.17) is 4.74 Å². The molecule has 0 aliphatic rings. The number of hydrogen-bond donors (Lipinski definition) is 0. The van der Waals surface area contributed by atoms with Crippen LogP contribution in [-0.4, -0.2) is 26.6 Å². The van der Waals surface area contributed by atoms with Gasteiger partial charge >= 0.3 is 0 Å². The van der Waals surface area contributed by atoms with Crippen LogP contribution in [0.25, 0.3) is 16.9 Å². The lowest BCUT2D eigenvalue weighted by molar-refractivity contribution is 0.316. The average molecular weight is 305 g/mol. The predicted octanol–water partition coefficient (Wildman–Crippen LogP) is 2.99. The molecule has 23 heavy (non-hydrogen) atoms. The molecular weight excluding hydrogens is 290 g/mol. The summed E-state index contributed by atoms with van der Waals surface area (Å²) in [5.41, 5.74) is 2.38. The zero-order valence-electron chi connectivity index (χ0n) is 12.7. The molecule has 0 aliphatic carbocycles. The number of ether oxygens (including phenoxy) is 1. The highest BCUT2D eigenvalue weighted by molar-refractivity contribution is 5.67. The third-order valence-corrected chi connectivity index (χ3v) is 3.27. The first-order valence-electron chi connectivity index (χ1n) is 7.33. The number of aromatic nitrogens is 4. The zero-order valence-corrected chi connectivity index (χ0v) is 12.7. The van der Waals surface area contributed by atoms with Crippen LogP contribution in [0.5, 0.6) is 5.75 Å². The largest absolute Gasteiger partial charge is 0.491 e. The van der Waals surface area contributed by atoms with Gasteiger partial charge in [0.2, 0.25) is 0 Å². The molecule has 114 valence electrons. The van der Waals surface area contributed by atoms with Gasteiger partial charge in [-0.05, 0) is 30.7 Å². The molecule has 0 saturated carbocycles. The van der Waals surface area contributed by atoms with Crippen LogP contribution in [0, 0.1) is 11.3 Å². The molecular formula is C17H15N5O. The van der Waals surface area contributed by atoms with E-state index >= 15 is 0 Å². The van der Waals surface area contributed by atoms with Crippen molar-refractivity contribution in [2.75, 3.05) is 6.61 Å². The third-order valence-electron chi connectivity index (χ3n) is 3.27. The molecule has 0 saturated heterocycles. The Bertz CT molecular complexity index is 836. The Morgan fingerprint density at radius 2 is 2.09 bits per heavy atom. The molecule has 0 amide bonds. The van der Waals surface area contributed by atoms with E-state index in [1.54, 1.807) is 17.1 Å². The quantitative estimate of drug-likeness (QED) is 0.724. The molecule has 6 heteroatoms. The van der Waals surface area contributed by atoms with E-state index in [2.05, 4.69) is 21.4 Å². The highest BCUT2D eigenvalue weighted by atomic mass is 16.5. The van der Waals surface area contributed by atoms with Gasteiger partial charge in [-0.25, -0.2) is 4.68 Å². The number of nitriles is 1. The molecule has 3 aromatic rings. The maximum Gasteiger partial charge on any atom is 0.191 e. The normalized spacial score (nSPS) is 10.3. The molecule has 0 atom stereocenters. The van der Waals surface area contributed by atoms with E-state index in [9.17, 15) is 5.26 Å². The van der Waals surface area contributed by atoms with Crippen molar-refractivity contribution in [1.29, 1.82) is 5.26 Å². The third kappa shape index (κ3) is 2.90. The maximum atomic E-state index is 9.33. The summed E-state index contributed by atoms with van der Waals surface area (Å²) < 4.78 is 7.41. The SMILES string of the molecule is CCCOc1ccccc1-n1nnc(C#N)c1-c1cccnc1. The lowest BCUT2D eigenvalue weighted by atomic mass is 10.1. The molecule has 2 aromatic heterocycles.